The highest BCUT2D eigenvalue weighted by Crippen LogP contribution is 2.15. The first-order chi connectivity index (χ1) is 12.0. The molecule has 134 valence electrons. The van der Waals surface area contributed by atoms with Crippen molar-refractivity contribution in [3.05, 3.63) is 65.2 Å². The fourth-order valence-corrected chi connectivity index (χ4v) is 2.59. The van der Waals surface area contributed by atoms with E-state index in [4.69, 9.17) is 4.74 Å². The van der Waals surface area contributed by atoms with Crippen LogP contribution in [0.15, 0.2) is 48.5 Å². The van der Waals surface area contributed by atoms with E-state index in [1.165, 1.54) is 16.7 Å². The largest absolute Gasteiger partial charge is 0.481 e. The Balaban J connectivity index is 1.69. The molecule has 1 atom stereocenters. The van der Waals surface area contributed by atoms with Gasteiger partial charge in [-0.3, -0.25) is 4.79 Å². The second kappa shape index (κ2) is 9.26. The number of aryl methyl sites for hydroxylation is 2. The average Bonchev–Trinajstić information content (AvgIpc) is 2.60. The second-order valence-corrected chi connectivity index (χ2v) is 6.86. The summed E-state index contributed by atoms with van der Waals surface area (Å²) >= 11 is 0. The molecule has 0 spiro atoms. The molecule has 2 aromatic carbocycles. The molecule has 0 fully saturated rings. The molecule has 0 unspecified atom stereocenters. The normalized spacial score (nSPS) is 12.0. The summed E-state index contributed by atoms with van der Waals surface area (Å²) in [6, 6.07) is 16.5. The molecular weight excluding hydrogens is 310 g/mol. The van der Waals surface area contributed by atoms with E-state index in [9.17, 15) is 4.79 Å². The topological polar surface area (TPSA) is 38.3 Å². The summed E-state index contributed by atoms with van der Waals surface area (Å²) in [7, 11) is 0. The van der Waals surface area contributed by atoms with Crippen LogP contribution in [-0.2, 0) is 11.2 Å². The minimum atomic E-state index is -0.493. The highest BCUT2D eigenvalue weighted by molar-refractivity contribution is 5.80. The Morgan fingerprint density at radius 1 is 1.00 bits per heavy atom. The maximum Gasteiger partial charge on any atom is 0.260 e. The number of rotatable bonds is 8. The molecule has 1 N–H and O–H groups in total. The standard InChI is InChI=1S/C22H29NO2/c1-16(2)20-11-9-19(10-12-20)6-5-15-23-22(24)18(4)25-21-13-7-17(3)8-14-21/h7-14,16,18H,5-6,15H2,1-4H3,(H,23,24)/t18-/m1/s1. The Bertz CT molecular complexity index is 659. The van der Waals surface area contributed by atoms with E-state index in [1.807, 2.05) is 31.2 Å². The van der Waals surface area contributed by atoms with E-state index in [2.05, 4.69) is 43.4 Å². The molecule has 0 bridgehead atoms. The number of benzene rings is 2. The first kappa shape index (κ1) is 19.0. The predicted molar refractivity (Wildman–Crippen MR) is 103 cm³/mol. The molecule has 3 nitrogen and oxygen atoms in total. The van der Waals surface area contributed by atoms with Gasteiger partial charge >= 0.3 is 0 Å². The van der Waals surface area contributed by atoms with Crippen molar-refractivity contribution >= 4 is 5.91 Å². The number of hydrogen-bond acceptors (Lipinski definition) is 2. The van der Waals surface area contributed by atoms with Gasteiger partial charge in [-0.2, -0.15) is 0 Å². The molecule has 0 aliphatic heterocycles. The summed E-state index contributed by atoms with van der Waals surface area (Å²) in [5, 5.41) is 2.95. The van der Waals surface area contributed by atoms with Crippen LogP contribution >= 0.6 is 0 Å². The maximum absolute atomic E-state index is 12.1. The minimum Gasteiger partial charge on any atom is -0.481 e. The lowest BCUT2D eigenvalue weighted by atomic mass is 10.0. The second-order valence-electron chi connectivity index (χ2n) is 6.86. The summed E-state index contributed by atoms with van der Waals surface area (Å²) in [6.07, 6.45) is 1.39. The maximum atomic E-state index is 12.1. The van der Waals surface area contributed by atoms with Gasteiger partial charge in [-0.25, -0.2) is 0 Å². The fraction of sp³-hybridized carbons (Fsp3) is 0.409. The van der Waals surface area contributed by atoms with Gasteiger partial charge in [0.05, 0.1) is 0 Å². The van der Waals surface area contributed by atoms with E-state index >= 15 is 0 Å². The van der Waals surface area contributed by atoms with Crippen LogP contribution in [0.3, 0.4) is 0 Å². The Hall–Kier alpha value is -2.29. The molecule has 25 heavy (non-hydrogen) atoms. The Morgan fingerprint density at radius 3 is 2.24 bits per heavy atom. The van der Waals surface area contributed by atoms with Gasteiger partial charge in [0.1, 0.15) is 5.75 Å². The van der Waals surface area contributed by atoms with Gasteiger partial charge < -0.3 is 10.1 Å². The zero-order valence-electron chi connectivity index (χ0n) is 15.7. The highest BCUT2D eigenvalue weighted by Gasteiger charge is 2.13. The van der Waals surface area contributed by atoms with Gasteiger partial charge in [0.2, 0.25) is 0 Å². The summed E-state index contributed by atoms with van der Waals surface area (Å²) < 4.78 is 5.67. The Morgan fingerprint density at radius 2 is 1.64 bits per heavy atom. The quantitative estimate of drug-likeness (QED) is 0.712. The number of carbonyl (C=O) groups is 1. The molecule has 3 heteroatoms. The van der Waals surface area contributed by atoms with Crippen LogP contribution in [0.4, 0.5) is 0 Å². The molecule has 0 saturated carbocycles. The zero-order valence-corrected chi connectivity index (χ0v) is 15.7. The van der Waals surface area contributed by atoms with E-state index < -0.39 is 6.10 Å². The van der Waals surface area contributed by atoms with E-state index in [-0.39, 0.29) is 5.91 Å². The Labute approximate surface area is 151 Å². The lowest BCUT2D eigenvalue weighted by Crippen LogP contribution is -2.36. The number of hydrogen-bond donors (Lipinski definition) is 1. The first-order valence-corrected chi connectivity index (χ1v) is 9.05. The van der Waals surface area contributed by atoms with Crippen LogP contribution in [0.5, 0.6) is 5.75 Å². The summed E-state index contributed by atoms with van der Waals surface area (Å²) in [6.45, 7) is 8.86. The van der Waals surface area contributed by atoms with Crippen molar-refractivity contribution in [3.63, 3.8) is 0 Å². The van der Waals surface area contributed by atoms with Crippen LogP contribution < -0.4 is 10.1 Å². The molecule has 2 aromatic rings. The third kappa shape index (κ3) is 6.26. The lowest BCUT2D eigenvalue weighted by molar-refractivity contribution is -0.127. The van der Waals surface area contributed by atoms with Gasteiger partial charge in [-0.05, 0) is 55.9 Å². The SMILES string of the molecule is Cc1ccc(O[C@H](C)C(=O)NCCCc2ccc(C(C)C)cc2)cc1. The van der Waals surface area contributed by atoms with Crippen molar-refractivity contribution in [2.45, 2.75) is 52.6 Å². The van der Waals surface area contributed by atoms with E-state index in [1.54, 1.807) is 6.92 Å². The average molecular weight is 339 g/mol. The van der Waals surface area contributed by atoms with Gasteiger partial charge in [0, 0.05) is 6.54 Å². The number of amides is 1. The number of nitrogens with one attached hydrogen (secondary N) is 1. The molecular formula is C22H29NO2. The monoisotopic (exact) mass is 339 g/mol. The lowest BCUT2D eigenvalue weighted by Gasteiger charge is -2.15. The highest BCUT2D eigenvalue weighted by atomic mass is 16.5. The van der Waals surface area contributed by atoms with Crippen LogP contribution in [0.1, 0.15) is 49.8 Å². The molecule has 2 rings (SSSR count). The molecule has 0 radical (unpaired) electrons. The van der Waals surface area contributed by atoms with Crippen LogP contribution in [-0.4, -0.2) is 18.6 Å². The van der Waals surface area contributed by atoms with E-state index in [0.717, 1.165) is 18.6 Å². The van der Waals surface area contributed by atoms with Crippen LogP contribution in [0, 0.1) is 6.92 Å². The van der Waals surface area contributed by atoms with Crippen molar-refractivity contribution in [2.24, 2.45) is 0 Å². The van der Waals surface area contributed by atoms with Crippen molar-refractivity contribution < 1.29 is 9.53 Å². The van der Waals surface area contributed by atoms with Crippen LogP contribution in [0.25, 0.3) is 0 Å². The fourth-order valence-electron chi connectivity index (χ4n) is 2.59. The van der Waals surface area contributed by atoms with Gasteiger partial charge in [0.25, 0.3) is 5.91 Å². The van der Waals surface area contributed by atoms with Gasteiger partial charge in [-0.15, -0.1) is 0 Å². The predicted octanol–water partition coefficient (Wildman–Crippen LogP) is 4.63. The van der Waals surface area contributed by atoms with Crippen LogP contribution in [0.2, 0.25) is 0 Å². The van der Waals surface area contributed by atoms with E-state index in [0.29, 0.717) is 12.5 Å². The molecule has 0 heterocycles. The molecule has 1 amide bonds. The van der Waals surface area contributed by atoms with Crippen molar-refractivity contribution in [1.29, 1.82) is 0 Å². The van der Waals surface area contributed by atoms with Gasteiger partial charge in [-0.1, -0.05) is 55.8 Å². The first-order valence-electron chi connectivity index (χ1n) is 9.05. The summed E-state index contributed by atoms with van der Waals surface area (Å²) in [4.78, 5) is 12.1. The third-order valence-corrected chi connectivity index (χ3v) is 4.29. The van der Waals surface area contributed by atoms with Gasteiger partial charge in [0.15, 0.2) is 6.10 Å². The Kier molecular flexibility index (Phi) is 7.05. The van der Waals surface area contributed by atoms with Crippen molar-refractivity contribution in [3.8, 4) is 5.75 Å². The molecule has 0 aliphatic rings. The number of ether oxygens (including phenoxy) is 1. The number of carbonyl (C=O) groups excluding carboxylic acids is 1. The van der Waals surface area contributed by atoms with Crippen molar-refractivity contribution in [1.82, 2.24) is 5.32 Å². The smallest absolute Gasteiger partial charge is 0.260 e. The molecule has 0 aromatic heterocycles. The van der Waals surface area contributed by atoms with Crippen molar-refractivity contribution in [2.75, 3.05) is 6.54 Å². The summed E-state index contributed by atoms with van der Waals surface area (Å²) in [5.74, 6) is 1.21. The molecule has 0 saturated heterocycles. The third-order valence-electron chi connectivity index (χ3n) is 4.29. The molecule has 0 aliphatic carbocycles. The minimum absolute atomic E-state index is 0.0734. The summed E-state index contributed by atoms with van der Waals surface area (Å²) in [5.41, 5.74) is 3.84. The zero-order chi connectivity index (χ0) is 18.2.